The van der Waals surface area contributed by atoms with E-state index < -0.39 is 5.91 Å². The van der Waals surface area contributed by atoms with Crippen molar-refractivity contribution >= 4 is 5.91 Å². The van der Waals surface area contributed by atoms with Gasteiger partial charge in [0.2, 0.25) is 0 Å². The number of hydrogen-bond donors (Lipinski definition) is 2. The molecule has 2 N–H and O–H groups in total. The number of carbonyl (C=O) groups is 1. The number of hydrogen-bond acceptors (Lipinski definition) is 4. The lowest BCUT2D eigenvalue weighted by Crippen LogP contribution is -2.21. The van der Waals surface area contributed by atoms with Crippen LogP contribution in [-0.4, -0.2) is 24.1 Å². The summed E-state index contributed by atoms with van der Waals surface area (Å²) in [5, 5.41) is 19.3. The molecular formula is C9H15N3O2. The van der Waals surface area contributed by atoms with E-state index in [1.54, 1.807) is 0 Å². The Balaban J connectivity index is 2.64. The zero-order chi connectivity index (χ0) is 10.6. The number of nitrogens with one attached hydrogen (secondary N) is 1. The Hall–Kier alpha value is -1.39. The molecule has 0 unspecified atom stereocenters. The molecule has 0 aromatic rings. The van der Waals surface area contributed by atoms with E-state index in [1.807, 2.05) is 0 Å². The maximum absolute atomic E-state index is 11.2. The average Bonchev–Trinajstić information content (AvgIpc) is 2.07. The second-order valence-corrected chi connectivity index (χ2v) is 3.31. The van der Waals surface area contributed by atoms with Crippen LogP contribution in [0.15, 0.2) is 21.7 Å². The quantitative estimate of drug-likeness (QED) is 0.409. The minimum absolute atomic E-state index is 0.000556. The molecule has 0 saturated heterocycles. The van der Waals surface area contributed by atoms with Gasteiger partial charge in [0.25, 0.3) is 5.91 Å². The maximum atomic E-state index is 11.2. The van der Waals surface area contributed by atoms with Crippen molar-refractivity contribution in [2.75, 3.05) is 7.05 Å². The first-order valence-corrected chi connectivity index (χ1v) is 4.68. The number of amides is 1. The van der Waals surface area contributed by atoms with Gasteiger partial charge < -0.3 is 10.4 Å². The predicted octanol–water partition coefficient (Wildman–Crippen LogP) is 1.53. The number of aliphatic hydroxyl groups excluding tert-OH is 1. The number of likely N-dealkylation sites (N-methyl/N-ethyl adjacent to an activating group) is 1. The van der Waals surface area contributed by atoms with Crippen molar-refractivity contribution in [1.29, 1.82) is 0 Å². The Morgan fingerprint density at radius 1 is 1.50 bits per heavy atom. The molecule has 1 aliphatic carbocycles. The molecular weight excluding hydrogens is 182 g/mol. The Morgan fingerprint density at radius 3 is 2.50 bits per heavy atom. The van der Waals surface area contributed by atoms with Crippen LogP contribution in [0.25, 0.3) is 0 Å². The molecule has 14 heavy (non-hydrogen) atoms. The fourth-order valence-electron chi connectivity index (χ4n) is 1.04. The highest BCUT2D eigenvalue weighted by molar-refractivity contribution is 5.92. The molecule has 0 aliphatic heterocycles. The van der Waals surface area contributed by atoms with Crippen molar-refractivity contribution in [3.05, 3.63) is 11.5 Å². The second-order valence-electron chi connectivity index (χ2n) is 3.31. The Kier molecular flexibility index (Phi) is 3.62. The third-order valence-corrected chi connectivity index (χ3v) is 2.18. The fraction of sp³-hybridized carbons (Fsp3) is 0.667. The van der Waals surface area contributed by atoms with Gasteiger partial charge in [-0.3, -0.25) is 4.79 Å². The summed E-state index contributed by atoms with van der Waals surface area (Å²) >= 11 is 0. The lowest BCUT2D eigenvalue weighted by molar-refractivity contribution is -0.117. The number of azo groups is 1. The first-order chi connectivity index (χ1) is 6.65. The summed E-state index contributed by atoms with van der Waals surface area (Å²) in [5.41, 5.74) is -0.000556. The molecule has 1 saturated carbocycles. The first-order valence-electron chi connectivity index (χ1n) is 4.68. The zero-order valence-electron chi connectivity index (χ0n) is 8.45. The Labute approximate surface area is 82.9 Å². The topological polar surface area (TPSA) is 74.0 Å². The van der Waals surface area contributed by atoms with Crippen molar-refractivity contribution < 1.29 is 9.90 Å². The molecule has 0 heterocycles. The Bertz CT molecular complexity index is 276. The van der Waals surface area contributed by atoms with Gasteiger partial charge in [-0.1, -0.05) is 0 Å². The lowest BCUT2D eigenvalue weighted by Gasteiger charge is -2.19. The standard InChI is InChI=1S/C9H15N3O2/c1-6(13)8(9(14)10-2)12-11-7-4-3-5-7/h7,13H,3-5H2,1-2H3,(H,10,14). The molecule has 0 bridgehead atoms. The van der Waals surface area contributed by atoms with Gasteiger partial charge in [0, 0.05) is 7.05 Å². The highest BCUT2D eigenvalue weighted by Crippen LogP contribution is 2.22. The van der Waals surface area contributed by atoms with Crippen LogP contribution >= 0.6 is 0 Å². The first kappa shape index (κ1) is 10.7. The summed E-state index contributed by atoms with van der Waals surface area (Å²) in [6, 6.07) is 0.231. The van der Waals surface area contributed by atoms with Crippen molar-refractivity contribution in [3.63, 3.8) is 0 Å². The predicted molar refractivity (Wildman–Crippen MR) is 51.9 cm³/mol. The van der Waals surface area contributed by atoms with Crippen LogP contribution in [0, 0.1) is 0 Å². The average molecular weight is 197 g/mol. The van der Waals surface area contributed by atoms with Crippen molar-refractivity contribution in [2.45, 2.75) is 32.2 Å². The number of nitrogens with zero attached hydrogens (tertiary/aromatic N) is 2. The summed E-state index contributed by atoms with van der Waals surface area (Å²) in [5.74, 6) is -0.513. The van der Waals surface area contributed by atoms with Crippen LogP contribution in [0.4, 0.5) is 0 Å². The summed E-state index contributed by atoms with van der Waals surface area (Å²) in [6.07, 6.45) is 3.21. The van der Waals surface area contributed by atoms with Gasteiger partial charge in [-0.25, -0.2) is 0 Å². The van der Waals surface area contributed by atoms with Crippen LogP contribution in [0.3, 0.4) is 0 Å². The molecule has 1 aliphatic rings. The third-order valence-electron chi connectivity index (χ3n) is 2.18. The third kappa shape index (κ3) is 2.55. The monoisotopic (exact) mass is 197 g/mol. The van der Waals surface area contributed by atoms with Crippen LogP contribution in [-0.2, 0) is 4.79 Å². The van der Waals surface area contributed by atoms with E-state index in [4.69, 9.17) is 0 Å². The summed E-state index contributed by atoms with van der Waals surface area (Å²) < 4.78 is 0. The molecule has 0 radical (unpaired) electrons. The number of carbonyl (C=O) groups excluding carboxylic acids is 1. The number of aliphatic hydroxyl groups is 1. The van der Waals surface area contributed by atoms with Crippen LogP contribution < -0.4 is 5.32 Å². The van der Waals surface area contributed by atoms with Crippen molar-refractivity contribution in [1.82, 2.24) is 5.32 Å². The minimum Gasteiger partial charge on any atom is -0.510 e. The van der Waals surface area contributed by atoms with E-state index in [2.05, 4.69) is 15.5 Å². The van der Waals surface area contributed by atoms with Gasteiger partial charge in [0.15, 0.2) is 5.70 Å². The van der Waals surface area contributed by atoms with E-state index in [0.29, 0.717) is 0 Å². The van der Waals surface area contributed by atoms with E-state index in [9.17, 15) is 9.90 Å². The van der Waals surface area contributed by atoms with E-state index in [1.165, 1.54) is 20.4 Å². The molecule has 1 amide bonds. The molecule has 1 fully saturated rings. The molecule has 5 heteroatoms. The molecule has 0 aromatic carbocycles. The molecule has 78 valence electrons. The lowest BCUT2D eigenvalue weighted by atomic mass is 9.94. The molecule has 0 spiro atoms. The van der Waals surface area contributed by atoms with Gasteiger partial charge in [0.05, 0.1) is 6.04 Å². The smallest absolute Gasteiger partial charge is 0.275 e. The second kappa shape index (κ2) is 4.74. The molecule has 0 atom stereocenters. The Morgan fingerprint density at radius 2 is 2.14 bits per heavy atom. The van der Waals surface area contributed by atoms with Crippen LogP contribution in [0.1, 0.15) is 26.2 Å². The fourth-order valence-corrected chi connectivity index (χ4v) is 1.04. The van der Waals surface area contributed by atoms with Gasteiger partial charge >= 0.3 is 0 Å². The van der Waals surface area contributed by atoms with Crippen molar-refractivity contribution in [3.8, 4) is 0 Å². The molecule has 1 rings (SSSR count). The number of allylic oxidation sites excluding steroid dienone is 1. The van der Waals surface area contributed by atoms with Crippen LogP contribution in [0.2, 0.25) is 0 Å². The molecule has 0 aromatic heterocycles. The highest BCUT2D eigenvalue weighted by Gasteiger charge is 2.17. The summed E-state index contributed by atoms with van der Waals surface area (Å²) in [7, 11) is 1.49. The molecule has 5 nitrogen and oxygen atoms in total. The van der Waals surface area contributed by atoms with Crippen molar-refractivity contribution in [2.24, 2.45) is 10.2 Å². The maximum Gasteiger partial charge on any atom is 0.275 e. The minimum atomic E-state index is -0.409. The highest BCUT2D eigenvalue weighted by atomic mass is 16.3. The zero-order valence-corrected chi connectivity index (χ0v) is 8.45. The SMILES string of the molecule is CNC(=O)C(N=NC1CCC1)=C(C)O. The van der Waals surface area contributed by atoms with E-state index >= 15 is 0 Å². The number of rotatable bonds is 3. The van der Waals surface area contributed by atoms with E-state index in [0.717, 1.165) is 12.8 Å². The van der Waals surface area contributed by atoms with Gasteiger partial charge in [-0.15, -0.1) is 5.11 Å². The van der Waals surface area contributed by atoms with Gasteiger partial charge in [-0.05, 0) is 26.2 Å². The summed E-state index contributed by atoms with van der Waals surface area (Å²) in [6.45, 7) is 1.42. The van der Waals surface area contributed by atoms with E-state index in [-0.39, 0.29) is 17.5 Å². The summed E-state index contributed by atoms with van der Waals surface area (Å²) in [4.78, 5) is 11.2. The largest absolute Gasteiger partial charge is 0.510 e. The van der Waals surface area contributed by atoms with Gasteiger partial charge in [-0.2, -0.15) is 5.11 Å². The van der Waals surface area contributed by atoms with Crippen LogP contribution in [0.5, 0.6) is 0 Å². The van der Waals surface area contributed by atoms with Gasteiger partial charge in [0.1, 0.15) is 5.76 Å². The normalized spacial score (nSPS) is 19.0.